The number of esters is 1. The van der Waals surface area contributed by atoms with E-state index in [2.05, 4.69) is 29.8 Å². The topological polar surface area (TPSA) is 26.3 Å². The molecule has 2 nitrogen and oxygen atoms in total. The maximum absolute atomic E-state index is 12.4. The van der Waals surface area contributed by atoms with Crippen molar-refractivity contribution in [3.05, 3.63) is 0 Å². The summed E-state index contributed by atoms with van der Waals surface area (Å²) in [4.78, 5) is 12.4. The van der Waals surface area contributed by atoms with Crippen LogP contribution in [0.5, 0.6) is 0 Å². The van der Waals surface area contributed by atoms with Gasteiger partial charge >= 0.3 is 5.97 Å². The molecule has 0 saturated carbocycles. The molecule has 0 N–H and O–H groups in total. The summed E-state index contributed by atoms with van der Waals surface area (Å²) in [6.45, 7) is 5.09. The standard InChI is InChI=1S/C21H41BrO2/c1-3-5-7-9-10-13-17-20(16-12-8-6-4-2)21(23)24-19-15-11-14-18-22/h20H,3-19H2,1-2H3. The van der Waals surface area contributed by atoms with E-state index in [-0.39, 0.29) is 11.9 Å². The lowest BCUT2D eigenvalue weighted by molar-refractivity contribution is -0.149. The van der Waals surface area contributed by atoms with Gasteiger partial charge in [-0.1, -0.05) is 94.0 Å². The molecule has 0 radical (unpaired) electrons. The summed E-state index contributed by atoms with van der Waals surface area (Å²) in [6.07, 6.45) is 18.1. The number of alkyl halides is 1. The smallest absolute Gasteiger partial charge is 0.308 e. The molecule has 24 heavy (non-hydrogen) atoms. The lowest BCUT2D eigenvalue weighted by Crippen LogP contribution is -2.18. The maximum atomic E-state index is 12.4. The number of hydrogen-bond donors (Lipinski definition) is 0. The minimum absolute atomic E-state index is 0.0684. The first kappa shape index (κ1) is 23.9. The molecule has 0 fully saturated rings. The first-order chi connectivity index (χ1) is 11.8. The number of carbonyl (C=O) groups is 1. The van der Waals surface area contributed by atoms with Crippen molar-refractivity contribution in [1.29, 1.82) is 0 Å². The summed E-state index contributed by atoms with van der Waals surface area (Å²) in [5.74, 6) is 0.211. The number of ether oxygens (including phenoxy) is 1. The number of halogens is 1. The van der Waals surface area contributed by atoms with Crippen molar-refractivity contribution in [2.24, 2.45) is 5.92 Å². The van der Waals surface area contributed by atoms with Crippen molar-refractivity contribution < 1.29 is 9.53 Å². The van der Waals surface area contributed by atoms with Crippen LogP contribution in [0.25, 0.3) is 0 Å². The molecule has 0 aliphatic heterocycles. The van der Waals surface area contributed by atoms with Crippen molar-refractivity contribution in [2.75, 3.05) is 11.9 Å². The molecule has 0 aliphatic carbocycles. The van der Waals surface area contributed by atoms with Crippen molar-refractivity contribution in [3.63, 3.8) is 0 Å². The van der Waals surface area contributed by atoms with Gasteiger partial charge in [0, 0.05) is 5.33 Å². The predicted molar refractivity (Wildman–Crippen MR) is 109 cm³/mol. The lowest BCUT2D eigenvalue weighted by Gasteiger charge is -2.16. The van der Waals surface area contributed by atoms with E-state index in [4.69, 9.17) is 4.74 Å². The highest BCUT2D eigenvalue weighted by Crippen LogP contribution is 2.20. The Labute approximate surface area is 159 Å². The van der Waals surface area contributed by atoms with E-state index in [1.807, 2.05) is 0 Å². The molecule has 144 valence electrons. The highest BCUT2D eigenvalue weighted by molar-refractivity contribution is 9.09. The summed E-state index contributed by atoms with van der Waals surface area (Å²) >= 11 is 3.44. The summed E-state index contributed by atoms with van der Waals surface area (Å²) in [5, 5.41) is 1.04. The Morgan fingerprint density at radius 1 is 0.750 bits per heavy atom. The minimum atomic E-state index is 0.0684. The first-order valence-electron chi connectivity index (χ1n) is 10.5. The van der Waals surface area contributed by atoms with Gasteiger partial charge in [0.1, 0.15) is 0 Å². The molecule has 1 atom stereocenters. The molecule has 0 saturated heterocycles. The van der Waals surface area contributed by atoms with E-state index in [1.54, 1.807) is 0 Å². The second kappa shape index (κ2) is 19.3. The van der Waals surface area contributed by atoms with Crippen LogP contribution in [0.2, 0.25) is 0 Å². The second-order valence-corrected chi connectivity index (χ2v) is 7.81. The largest absolute Gasteiger partial charge is 0.465 e. The van der Waals surface area contributed by atoms with Gasteiger partial charge in [0.15, 0.2) is 0 Å². The third-order valence-electron chi connectivity index (χ3n) is 4.67. The van der Waals surface area contributed by atoms with Crippen molar-refractivity contribution in [2.45, 2.75) is 110 Å². The highest BCUT2D eigenvalue weighted by Gasteiger charge is 2.19. The Balaban J connectivity index is 3.98. The molecule has 3 heteroatoms. The van der Waals surface area contributed by atoms with Crippen LogP contribution in [-0.4, -0.2) is 17.9 Å². The number of unbranched alkanes of at least 4 members (excludes halogenated alkanes) is 10. The van der Waals surface area contributed by atoms with E-state index >= 15 is 0 Å². The summed E-state index contributed by atoms with van der Waals surface area (Å²) < 4.78 is 5.55. The van der Waals surface area contributed by atoms with Crippen LogP contribution in [0.15, 0.2) is 0 Å². The molecule has 0 aromatic heterocycles. The van der Waals surface area contributed by atoms with Crippen LogP contribution in [0.3, 0.4) is 0 Å². The van der Waals surface area contributed by atoms with Crippen molar-refractivity contribution in [1.82, 2.24) is 0 Å². The van der Waals surface area contributed by atoms with Gasteiger partial charge in [-0.2, -0.15) is 0 Å². The third kappa shape index (κ3) is 15.5. The molecular weight excluding hydrogens is 364 g/mol. The summed E-state index contributed by atoms with van der Waals surface area (Å²) in [5.41, 5.74) is 0. The van der Waals surface area contributed by atoms with Crippen LogP contribution in [-0.2, 0) is 9.53 Å². The van der Waals surface area contributed by atoms with Gasteiger partial charge in [-0.15, -0.1) is 0 Å². The summed E-state index contributed by atoms with van der Waals surface area (Å²) in [7, 11) is 0. The van der Waals surface area contributed by atoms with Gasteiger partial charge in [-0.3, -0.25) is 4.79 Å². The Kier molecular flexibility index (Phi) is 19.2. The summed E-state index contributed by atoms with van der Waals surface area (Å²) in [6, 6.07) is 0. The van der Waals surface area contributed by atoms with Crippen LogP contribution < -0.4 is 0 Å². The molecule has 0 rings (SSSR count). The molecule has 0 heterocycles. The monoisotopic (exact) mass is 404 g/mol. The van der Waals surface area contributed by atoms with Gasteiger partial charge in [0.25, 0.3) is 0 Å². The van der Waals surface area contributed by atoms with E-state index in [0.717, 1.165) is 37.4 Å². The Hall–Kier alpha value is -0.0500. The van der Waals surface area contributed by atoms with E-state index in [0.29, 0.717) is 6.61 Å². The average Bonchev–Trinajstić information content (AvgIpc) is 2.59. The minimum Gasteiger partial charge on any atom is -0.465 e. The number of carbonyl (C=O) groups excluding carboxylic acids is 1. The Morgan fingerprint density at radius 3 is 1.83 bits per heavy atom. The molecule has 0 aromatic rings. The van der Waals surface area contributed by atoms with E-state index < -0.39 is 0 Å². The zero-order valence-electron chi connectivity index (χ0n) is 16.3. The fourth-order valence-corrected chi connectivity index (χ4v) is 3.43. The molecule has 0 aliphatic rings. The van der Waals surface area contributed by atoms with Crippen LogP contribution in [0, 0.1) is 5.92 Å². The SMILES string of the molecule is CCCCCCCCC(CCCCCC)C(=O)OCCCCCBr. The van der Waals surface area contributed by atoms with E-state index in [9.17, 15) is 4.79 Å². The Bertz CT molecular complexity index is 269. The van der Waals surface area contributed by atoms with Crippen LogP contribution in [0.4, 0.5) is 0 Å². The molecule has 0 spiro atoms. The number of hydrogen-bond acceptors (Lipinski definition) is 2. The van der Waals surface area contributed by atoms with Gasteiger partial charge < -0.3 is 4.74 Å². The number of rotatable bonds is 18. The zero-order valence-corrected chi connectivity index (χ0v) is 17.9. The second-order valence-electron chi connectivity index (χ2n) is 7.02. The molecule has 0 bridgehead atoms. The van der Waals surface area contributed by atoms with Crippen LogP contribution >= 0.6 is 15.9 Å². The maximum Gasteiger partial charge on any atom is 0.308 e. The Morgan fingerprint density at radius 2 is 1.25 bits per heavy atom. The fourth-order valence-electron chi connectivity index (χ4n) is 3.03. The zero-order chi connectivity index (χ0) is 17.9. The van der Waals surface area contributed by atoms with Gasteiger partial charge in [0.2, 0.25) is 0 Å². The normalized spacial score (nSPS) is 12.3. The molecule has 0 amide bonds. The first-order valence-corrected chi connectivity index (χ1v) is 11.6. The van der Waals surface area contributed by atoms with E-state index in [1.165, 1.54) is 64.2 Å². The van der Waals surface area contributed by atoms with Gasteiger partial charge in [-0.25, -0.2) is 0 Å². The molecule has 0 aromatic carbocycles. The van der Waals surface area contributed by atoms with Crippen LogP contribution in [0.1, 0.15) is 110 Å². The molecular formula is C21H41BrO2. The fraction of sp³-hybridized carbons (Fsp3) is 0.952. The quantitative estimate of drug-likeness (QED) is 0.135. The van der Waals surface area contributed by atoms with Gasteiger partial charge in [0.05, 0.1) is 12.5 Å². The predicted octanol–water partition coefficient (Wildman–Crippen LogP) is 7.43. The van der Waals surface area contributed by atoms with Crippen molar-refractivity contribution >= 4 is 21.9 Å². The highest BCUT2D eigenvalue weighted by atomic mass is 79.9. The average molecular weight is 405 g/mol. The van der Waals surface area contributed by atoms with Crippen molar-refractivity contribution in [3.8, 4) is 0 Å². The lowest BCUT2D eigenvalue weighted by atomic mass is 9.94. The third-order valence-corrected chi connectivity index (χ3v) is 5.23. The molecule has 1 unspecified atom stereocenters. The van der Waals surface area contributed by atoms with Gasteiger partial charge in [-0.05, 0) is 32.1 Å².